The summed E-state index contributed by atoms with van der Waals surface area (Å²) in [5, 5.41) is 2.65. The largest absolute Gasteiger partial charge is 0.497 e. The lowest BCUT2D eigenvalue weighted by atomic mass is 10.1. The van der Waals surface area contributed by atoms with Crippen molar-refractivity contribution >= 4 is 17.6 Å². The van der Waals surface area contributed by atoms with Gasteiger partial charge < -0.3 is 19.5 Å². The molecule has 0 aliphatic carbocycles. The molecule has 0 bridgehead atoms. The SMILES string of the molecule is COc1cccc(NC(=O)COC(=O)CCc2ccccc2OC)c1. The Morgan fingerprint density at radius 3 is 2.56 bits per heavy atom. The molecular weight excluding hydrogens is 322 g/mol. The van der Waals surface area contributed by atoms with Crippen molar-refractivity contribution in [3.8, 4) is 11.5 Å². The fourth-order valence-electron chi connectivity index (χ4n) is 2.26. The van der Waals surface area contributed by atoms with Crippen molar-refractivity contribution in [1.82, 2.24) is 0 Å². The van der Waals surface area contributed by atoms with E-state index in [0.29, 0.717) is 17.9 Å². The third kappa shape index (κ3) is 5.84. The molecule has 0 unspecified atom stereocenters. The van der Waals surface area contributed by atoms with E-state index in [1.807, 2.05) is 24.3 Å². The maximum atomic E-state index is 11.8. The van der Waals surface area contributed by atoms with Gasteiger partial charge in [-0.1, -0.05) is 24.3 Å². The second-order valence-corrected chi connectivity index (χ2v) is 5.25. The second-order valence-electron chi connectivity index (χ2n) is 5.25. The number of benzene rings is 2. The summed E-state index contributed by atoms with van der Waals surface area (Å²) < 4.78 is 15.3. The molecule has 2 rings (SSSR count). The van der Waals surface area contributed by atoms with Crippen LogP contribution in [0.25, 0.3) is 0 Å². The number of esters is 1. The van der Waals surface area contributed by atoms with Crippen LogP contribution in [0.3, 0.4) is 0 Å². The van der Waals surface area contributed by atoms with Crippen LogP contribution in [0.5, 0.6) is 11.5 Å². The molecule has 0 aromatic heterocycles. The summed E-state index contributed by atoms with van der Waals surface area (Å²) in [5.74, 6) is 0.517. The minimum Gasteiger partial charge on any atom is -0.497 e. The van der Waals surface area contributed by atoms with Crippen LogP contribution < -0.4 is 14.8 Å². The highest BCUT2D eigenvalue weighted by Gasteiger charge is 2.10. The second kappa shape index (κ2) is 9.32. The van der Waals surface area contributed by atoms with Gasteiger partial charge in [-0.05, 0) is 30.2 Å². The molecule has 6 nitrogen and oxygen atoms in total. The summed E-state index contributed by atoms with van der Waals surface area (Å²) in [4.78, 5) is 23.7. The van der Waals surface area contributed by atoms with Gasteiger partial charge in [0.2, 0.25) is 0 Å². The van der Waals surface area contributed by atoms with Crippen molar-refractivity contribution in [2.75, 3.05) is 26.1 Å². The Bertz CT molecular complexity index is 729. The number of hydrogen-bond donors (Lipinski definition) is 1. The van der Waals surface area contributed by atoms with Gasteiger partial charge in [-0.2, -0.15) is 0 Å². The number of amides is 1. The minimum atomic E-state index is -0.438. The number of anilines is 1. The number of aryl methyl sites for hydroxylation is 1. The normalized spacial score (nSPS) is 10.0. The van der Waals surface area contributed by atoms with Gasteiger partial charge in [0.25, 0.3) is 5.91 Å². The van der Waals surface area contributed by atoms with Crippen LogP contribution in [-0.2, 0) is 20.7 Å². The Kier molecular flexibility index (Phi) is 6.83. The van der Waals surface area contributed by atoms with Crippen molar-refractivity contribution < 1.29 is 23.8 Å². The molecule has 0 spiro atoms. The van der Waals surface area contributed by atoms with Crippen molar-refractivity contribution in [1.29, 1.82) is 0 Å². The van der Waals surface area contributed by atoms with Crippen LogP contribution in [0.4, 0.5) is 5.69 Å². The molecule has 132 valence electrons. The van der Waals surface area contributed by atoms with Gasteiger partial charge in [0, 0.05) is 18.2 Å². The monoisotopic (exact) mass is 343 g/mol. The number of carbonyl (C=O) groups is 2. The molecule has 2 aromatic rings. The fraction of sp³-hybridized carbons (Fsp3) is 0.263. The van der Waals surface area contributed by atoms with Crippen LogP contribution in [0.15, 0.2) is 48.5 Å². The van der Waals surface area contributed by atoms with Crippen molar-refractivity contribution in [2.45, 2.75) is 12.8 Å². The van der Waals surface area contributed by atoms with E-state index >= 15 is 0 Å². The van der Waals surface area contributed by atoms with Gasteiger partial charge >= 0.3 is 5.97 Å². The van der Waals surface area contributed by atoms with E-state index in [9.17, 15) is 9.59 Å². The first kappa shape index (κ1) is 18.3. The Morgan fingerprint density at radius 2 is 1.80 bits per heavy atom. The third-order valence-corrected chi connectivity index (χ3v) is 3.51. The molecule has 0 radical (unpaired) electrons. The first-order chi connectivity index (χ1) is 12.1. The molecule has 2 aromatic carbocycles. The van der Waals surface area contributed by atoms with E-state index in [-0.39, 0.29) is 13.0 Å². The Hall–Kier alpha value is -3.02. The highest BCUT2D eigenvalue weighted by Crippen LogP contribution is 2.19. The quantitative estimate of drug-likeness (QED) is 0.746. The zero-order chi connectivity index (χ0) is 18.1. The zero-order valence-corrected chi connectivity index (χ0v) is 14.3. The zero-order valence-electron chi connectivity index (χ0n) is 14.3. The molecule has 1 amide bonds. The Labute approximate surface area is 146 Å². The number of rotatable bonds is 8. The molecule has 0 aliphatic rings. The number of para-hydroxylation sites is 1. The summed E-state index contributed by atoms with van der Waals surface area (Å²) in [7, 11) is 3.13. The smallest absolute Gasteiger partial charge is 0.306 e. The lowest BCUT2D eigenvalue weighted by Gasteiger charge is -2.09. The van der Waals surface area contributed by atoms with Gasteiger partial charge in [0.15, 0.2) is 6.61 Å². The predicted molar refractivity (Wildman–Crippen MR) is 93.9 cm³/mol. The third-order valence-electron chi connectivity index (χ3n) is 3.51. The van der Waals surface area contributed by atoms with Crippen molar-refractivity contribution in [3.63, 3.8) is 0 Å². The van der Waals surface area contributed by atoms with Crippen LogP contribution in [0.1, 0.15) is 12.0 Å². The van der Waals surface area contributed by atoms with E-state index in [4.69, 9.17) is 14.2 Å². The van der Waals surface area contributed by atoms with E-state index in [2.05, 4.69) is 5.32 Å². The van der Waals surface area contributed by atoms with Gasteiger partial charge in [0.1, 0.15) is 11.5 Å². The van der Waals surface area contributed by atoms with Crippen LogP contribution in [-0.4, -0.2) is 32.7 Å². The minimum absolute atomic E-state index is 0.173. The predicted octanol–water partition coefficient (Wildman–Crippen LogP) is 2.82. The summed E-state index contributed by atoms with van der Waals surface area (Å²) in [6.45, 7) is -0.331. The highest BCUT2D eigenvalue weighted by atomic mass is 16.5. The lowest BCUT2D eigenvalue weighted by Crippen LogP contribution is -2.21. The van der Waals surface area contributed by atoms with E-state index in [1.54, 1.807) is 38.5 Å². The molecule has 25 heavy (non-hydrogen) atoms. The Balaban J connectivity index is 1.76. The van der Waals surface area contributed by atoms with E-state index in [0.717, 1.165) is 11.3 Å². The van der Waals surface area contributed by atoms with Gasteiger partial charge in [-0.25, -0.2) is 0 Å². The maximum Gasteiger partial charge on any atom is 0.306 e. The average molecular weight is 343 g/mol. The molecule has 0 heterocycles. The van der Waals surface area contributed by atoms with Crippen LogP contribution in [0, 0.1) is 0 Å². The van der Waals surface area contributed by atoms with E-state index < -0.39 is 11.9 Å². The van der Waals surface area contributed by atoms with E-state index in [1.165, 1.54) is 0 Å². The molecule has 0 aliphatic heterocycles. The lowest BCUT2D eigenvalue weighted by molar-refractivity contribution is -0.147. The van der Waals surface area contributed by atoms with Gasteiger partial charge in [-0.3, -0.25) is 9.59 Å². The summed E-state index contributed by atoms with van der Waals surface area (Å²) in [6.07, 6.45) is 0.660. The number of ether oxygens (including phenoxy) is 3. The molecular formula is C19H21NO5. The number of hydrogen-bond acceptors (Lipinski definition) is 5. The first-order valence-corrected chi connectivity index (χ1v) is 7.84. The molecule has 0 saturated carbocycles. The van der Waals surface area contributed by atoms with Gasteiger partial charge in [0.05, 0.1) is 14.2 Å². The van der Waals surface area contributed by atoms with Crippen molar-refractivity contribution in [3.05, 3.63) is 54.1 Å². The van der Waals surface area contributed by atoms with Crippen LogP contribution in [0.2, 0.25) is 0 Å². The Morgan fingerprint density at radius 1 is 1.00 bits per heavy atom. The fourth-order valence-corrected chi connectivity index (χ4v) is 2.26. The standard InChI is InChI=1S/C19H21NO5/c1-23-16-8-5-7-15(12-16)20-18(21)13-25-19(22)11-10-14-6-3-4-9-17(14)24-2/h3-9,12H,10-11,13H2,1-2H3,(H,20,21). The van der Waals surface area contributed by atoms with Gasteiger partial charge in [-0.15, -0.1) is 0 Å². The number of carbonyl (C=O) groups excluding carboxylic acids is 2. The molecule has 0 saturated heterocycles. The molecule has 0 atom stereocenters. The highest BCUT2D eigenvalue weighted by molar-refractivity contribution is 5.92. The van der Waals surface area contributed by atoms with Crippen LogP contribution >= 0.6 is 0 Å². The summed E-state index contributed by atoms with van der Waals surface area (Å²) in [5.41, 5.74) is 1.50. The molecule has 6 heteroatoms. The summed E-state index contributed by atoms with van der Waals surface area (Å²) >= 11 is 0. The average Bonchev–Trinajstić information content (AvgIpc) is 2.65. The molecule has 0 fully saturated rings. The topological polar surface area (TPSA) is 73.9 Å². The van der Waals surface area contributed by atoms with Crippen molar-refractivity contribution in [2.24, 2.45) is 0 Å². The molecule has 1 N–H and O–H groups in total. The number of methoxy groups -OCH3 is 2. The summed E-state index contributed by atoms with van der Waals surface area (Å²) in [6, 6.07) is 14.4. The maximum absolute atomic E-state index is 11.8. The number of nitrogens with one attached hydrogen (secondary N) is 1. The first-order valence-electron chi connectivity index (χ1n) is 7.84.